The predicted octanol–water partition coefficient (Wildman–Crippen LogP) is 11.1. The van der Waals surface area contributed by atoms with Gasteiger partial charge in [0.25, 0.3) is 0 Å². The Morgan fingerprint density at radius 2 is 0.780 bits per heavy atom. The van der Waals surface area contributed by atoms with Gasteiger partial charge in [0, 0.05) is 0 Å². The van der Waals surface area contributed by atoms with Gasteiger partial charge in [-0.15, -0.1) is 0 Å². The molecule has 0 aromatic rings. The summed E-state index contributed by atoms with van der Waals surface area (Å²) >= 11 is 0. The Balaban J connectivity index is 3.47. The van der Waals surface area contributed by atoms with Crippen molar-refractivity contribution in [2.75, 3.05) is 27.2 Å². The summed E-state index contributed by atoms with van der Waals surface area (Å²) in [4.78, 5) is 0. The van der Waals surface area contributed by atoms with Crippen molar-refractivity contribution in [3.05, 3.63) is 24.3 Å². The lowest BCUT2D eigenvalue weighted by Crippen LogP contribution is -2.41. The van der Waals surface area contributed by atoms with E-state index >= 15 is 0 Å². The van der Waals surface area contributed by atoms with Gasteiger partial charge in [0.05, 0.1) is 39.4 Å². The van der Waals surface area contributed by atoms with Crippen LogP contribution in [0.3, 0.4) is 0 Å². The summed E-state index contributed by atoms with van der Waals surface area (Å²) in [6, 6.07) is 0. The van der Waals surface area contributed by atoms with Gasteiger partial charge in [0.2, 0.25) is 0 Å². The van der Waals surface area contributed by atoms with Crippen LogP contribution in [-0.2, 0) is 0 Å². The summed E-state index contributed by atoms with van der Waals surface area (Å²) in [5.41, 5.74) is 0. The molecule has 3 nitrogen and oxygen atoms in total. The van der Waals surface area contributed by atoms with Crippen molar-refractivity contribution < 1.29 is 14.7 Å². The molecule has 0 unspecified atom stereocenters. The summed E-state index contributed by atoms with van der Waals surface area (Å²) in [5.74, 6) is 0. The maximum absolute atomic E-state index is 10.0. The molecular formula is C38H76NO2+. The number of aliphatic hydroxyl groups is 2. The molecule has 244 valence electrons. The number of hydrogen-bond acceptors (Lipinski definition) is 2. The van der Waals surface area contributed by atoms with Crippen LogP contribution in [0.25, 0.3) is 0 Å². The molecule has 0 aliphatic carbocycles. The van der Waals surface area contributed by atoms with Gasteiger partial charge in [-0.3, -0.25) is 0 Å². The minimum atomic E-state index is -0.134. The fourth-order valence-corrected chi connectivity index (χ4v) is 5.72. The molecular weight excluding hydrogens is 502 g/mol. The van der Waals surface area contributed by atoms with E-state index in [9.17, 15) is 10.2 Å². The molecule has 3 heteroatoms. The molecule has 41 heavy (non-hydrogen) atoms. The van der Waals surface area contributed by atoms with Gasteiger partial charge in [-0.25, -0.2) is 0 Å². The van der Waals surface area contributed by atoms with Crippen LogP contribution in [0.2, 0.25) is 0 Å². The monoisotopic (exact) mass is 579 g/mol. The smallest absolute Gasteiger partial charge is 0.0782 e. The fourth-order valence-electron chi connectivity index (χ4n) is 5.72. The van der Waals surface area contributed by atoms with E-state index in [4.69, 9.17) is 0 Å². The van der Waals surface area contributed by atoms with Crippen LogP contribution in [0.5, 0.6) is 0 Å². The lowest BCUT2D eigenvalue weighted by atomic mass is 10.1. The molecule has 0 aliphatic heterocycles. The van der Waals surface area contributed by atoms with Crippen molar-refractivity contribution in [1.29, 1.82) is 0 Å². The molecule has 0 aromatic carbocycles. The van der Waals surface area contributed by atoms with E-state index in [0.717, 1.165) is 25.7 Å². The van der Waals surface area contributed by atoms with Crippen LogP contribution in [-0.4, -0.2) is 54.1 Å². The van der Waals surface area contributed by atoms with E-state index in [-0.39, 0.29) is 12.2 Å². The second kappa shape index (κ2) is 30.8. The highest BCUT2D eigenvalue weighted by Crippen LogP contribution is 2.14. The minimum Gasteiger partial charge on any atom is -0.393 e. The van der Waals surface area contributed by atoms with Gasteiger partial charge in [-0.1, -0.05) is 128 Å². The molecule has 0 amide bonds. The zero-order chi connectivity index (χ0) is 30.3. The number of quaternary nitrogens is 1. The molecule has 2 atom stereocenters. The third-order valence-electron chi connectivity index (χ3n) is 8.70. The largest absolute Gasteiger partial charge is 0.393 e. The molecule has 0 heterocycles. The maximum Gasteiger partial charge on any atom is 0.0782 e. The molecule has 0 aromatic heterocycles. The Hall–Kier alpha value is -0.640. The number of nitrogens with zero attached hydrogens (tertiary/aromatic N) is 1. The van der Waals surface area contributed by atoms with E-state index in [1.54, 1.807) is 0 Å². The van der Waals surface area contributed by atoms with Gasteiger partial charge in [0.15, 0.2) is 0 Å². The Morgan fingerprint density at radius 3 is 1.17 bits per heavy atom. The Morgan fingerprint density at radius 1 is 0.439 bits per heavy atom. The van der Waals surface area contributed by atoms with Gasteiger partial charge in [-0.05, 0) is 77.0 Å². The van der Waals surface area contributed by atoms with Crippen molar-refractivity contribution >= 4 is 0 Å². The highest BCUT2D eigenvalue weighted by atomic mass is 16.3. The maximum atomic E-state index is 10.0. The number of unbranched alkanes of at least 4 members (excludes halogenated alkanes) is 18. The average molecular weight is 579 g/mol. The first-order valence-electron chi connectivity index (χ1n) is 18.4. The standard InChI is InChI=1S/C38H76NO2/c1-5-7-9-25-31-37(40)33-27-21-17-13-11-15-19-23-29-35-39(3,4)36-30-24-20-16-12-14-18-22-28-34-38(41)32-26-10-8-6-2/h21-22,27-28,37-38,40-41H,5-20,23-26,29-36H2,1-4H3/q+1/b27-21-,28-22-/t37-,38-/m1/s1. The summed E-state index contributed by atoms with van der Waals surface area (Å²) in [5, 5.41) is 20.1. The minimum absolute atomic E-state index is 0.134. The first-order valence-corrected chi connectivity index (χ1v) is 18.4. The van der Waals surface area contributed by atoms with Crippen LogP contribution in [0, 0.1) is 0 Å². The first kappa shape index (κ1) is 40.4. The Bertz CT molecular complexity index is 523. The van der Waals surface area contributed by atoms with Crippen LogP contribution >= 0.6 is 0 Å². The summed E-state index contributed by atoms with van der Waals surface area (Å²) in [6.45, 7) is 7.11. The van der Waals surface area contributed by atoms with Crippen LogP contribution in [0.15, 0.2) is 24.3 Å². The van der Waals surface area contributed by atoms with Crippen LogP contribution in [0.1, 0.15) is 181 Å². The molecule has 0 fully saturated rings. The van der Waals surface area contributed by atoms with Crippen molar-refractivity contribution in [1.82, 2.24) is 0 Å². The number of aliphatic hydroxyl groups excluding tert-OH is 2. The van der Waals surface area contributed by atoms with Gasteiger partial charge < -0.3 is 14.7 Å². The first-order chi connectivity index (χ1) is 19.9. The topological polar surface area (TPSA) is 40.5 Å². The molecule has 0 rings (SSSR count). The molecule has 0 spiro atoms. The predicted molar refractivity (Wildman–Crippen MR) is 184 cm³/mol. The van der Waals surface area contributed by atoms with E-state index < -0.39 is 0 Å². The van der Waals surface area contributed by atoms with E-state index in [1.807, 2.05) is 0 Å². The van der Waals surface area contributed by atoms with E-state index in [0.29, 0.717) is 0 Å². The third-order valence-corrected chi connectivity index (χ3v) is 8.70. The second-order valence-corrected chi connectivity index (χ2v) is 13.6. The SMILES string of the molecule is CCCCCC[C@@H](O)C/C=C\CCCCCCCC[N+](C)(C)CCCCCCCC/C=C\C[C@H](O)CCCCCC. The highest BCUT2D eigenvalue weighted by Gasteiger charge is 2.13. The van der Waals surface area contributed by atoms with Crippen molar-refractivity contribution in [2.45, 2.75) is 193 Å². The lowest BCUT2D eigenvalue weighted by molar-refractivity contribution is -0.890. The quantitative estimate of drug-likeness (QED) is 0.0473. The summed E-state index contributed by atoms with van der Waals surface area (Å²) in [6.07, 6.45) is 41.0. The van der Waals surface area contributed by atoms with E-state index in [2.05, 4.69) is 52.2 Å². The normalized spacial score (nSPS) is 14.0. The zero-order valence-electron chi connectivity index (χ0n) is 28.6. The number of hydrogen-bond donors (Lipinski definition) is 2. The van der Waals surface area contributed by atoms with Gasteiger partial charge in [-0.2, -0.15) is 0 Å². The second-order valence-electron chi connectivity index (χ2n) is 13.6. The van der Waals surface area contributed by atoms with Crippen molar-refractivity contribution in [3.8, 4) is 0 Å². The van der Waals surface area contributed by atoms with Crippen LogP contribution < -0.4 is 0 Å². The molecule has 0 saturated heterocycles. The van der Waals surface area contributed by atoms with Crippen LogP contribution in [0.4, 0.5) is 0 Å². The summed E-state index contributed by atoms with van der Waals surface area (Å²) in [7, 11) is 4.84. The molecule has 0 bridgehead atoms. The van der Waals surface area contributed by atoms with Crippen molar-refractivity contribution in [3.63, 3.8) is 0 Å². The Kier molecular flexibility index (Phi) is 30.3. The Labute approximate surface area is 258 Å². The lowest BCUT2D eigenvalue weighted by Gasteiger charge is -2.30. The average Bonchev–Trinajstić information content (AvgIpc) is 2.95. The zero-order valence-corrected chi connectivity index (χ0v) is 28.6. The van der Waals surface area contributed by atoms with E-state index in [1.165, 1.54) is 159 Å². The van der Waals surface area contributed by atoms with Gasteiger partial charge in [0.1, 0.15) is 0 Å². The fraction of sp³-hybridized carbons (Fsp3) is 0.895. The number of allylic oxidation sites excluding steroid dienone is 2. The third kappa shape index (κ3) is 32.1. The molecule has 0 saturated carbocycles. The molecule has 0 radical (unpaired) electrons. The van der Waals surface area contributed by atoms with Crippen molar-refractivity contribution in [2.24, 2.45) is 0 Å². The molecule has 2 N–H and O–H groups in total. The molecule has 0 aliphatic rings. The number of rotatable bonds is 32. The summed E-state index contributed by atoms with van der Waals surface area (Å²) < 4.78 is 1.19. The van der Waals surface area contributed by atoms with Gasteiger partial charge >= 0.3 is 0 Å². The highest BCUT2D eigenvalue weighted by molar-refractivity contribution is 4.84.